The summed E-state index contributed by atoms with van der Waals surface area (Å²) in [6.07, 6.45) is -5.30. The number of hydrogen-bond donors (Lipinski definition) is 1. The summed E-state index contributed by atoms with van der Waals surface area (Å²) in [6.45, 7) is 2.92. The van der Waals surface area contributed by atoms with Gasteiger partial charge in [0.1, 0.15) is 0 Å². The Hall–Kier alpha value is -0.850. The molecule has 0 aliphatic heterocycles. The Balaban J connectivity index is 2.97. The molecule has 1 aliphatic carbocycles. The Bertz CT molecular complexity index is 400. The molecule has 1 aliphatic rings. The molecule has 0 radical (unpaired) electrons. The van der Waals surface area contributed by atoms with Crippen LogP contribution in [0.5, 0.6) is 0 Å². The lowest BCUT2D eigenvalue weighted by Gasteiger charge is -2.18. The van der Waals surface area contributed by atoms with Crippen LogP contribution in [0.15, 0.2) is 11.1 Å². The van der Waals surface area contributed by atoms with Gasteiger partial charge in [-0.05, 0) is 11.3 Å². The van der Waals surface area contributed by atoms with Gasteiger partial charge in [0, 0.05) is 0 Å². The topological polar surface area (TPSA) is 37.3 Å². The smallest absolute Gasteiger partial charge is 0.459 e. The molecule has 0 aromatic heterocycles. The van der Waals surface area contributed by atoms with Gasteiger partial charge in [-0.15, -0.1) is 0 Å². The Morgan fingerprint density at radius 2 is 1.72 bits per heavy atom. The molecule has 1 rings (SSSR count). The molecule has 8 heteroatoms. The Morgan fingerprint density at radius 3 is 2.00 bits per heavy atom. The van der Waals surface area contributed by atoms with Crippen molar-refractivity contribution in [2.45, 2.75) is 25.9 Å². The minimum absolute atomic E-state index is 0.494. The van der Waals surface area contributed by atoms with Gasteiger partial charge in [-0.1, -0.05) is 31.5 Å². The van der Waals surface area contributed by atoms with Crippen LogP contribution in [-0.2, 0) is 4.79 Å². The highest BCUT2D eigenvalue weighted by molar-refractivity contribution is 6.30. The predicted octanol–water partition coefficient (Wildman–Crippen LogP) is 3.66. The molecule has 0 aromatic rings. The molecule has 1 N–H and O–H groups in total. The summed E-state index contributed by atoms with van der Waals surface area (Å²) in [5, 5.41) is 7.07. The van der Waals surface area contributed by atoms with Crippen molar-refractivity contribution in [3.8, 4) is 0 Å². The molecule has 0 spiro atoms. The molecule has 1 saturated carbocycles. The van der Waals surface area contributed by atoms with Crippen molar-refractivity contribution in [3.05, 3.63) is 11.1 Å². The largest absolute Gasteiger partial charge is 0.481 e. The van der Waals surface area contributed by atoms with Gasteiger partial charge < -0.3 is 5.11 Å². The lowest BCUT2D eigenvalue weighted by atomic mass is 10.1. The molecular weight excluding hydrogens is 283 g/mol. The molecule has 2 nitrogen and oxygen atoms in total. The van der Waals surface area contributed by atoms with Crippen LogP contribution < -0.4 is 0 Å². The maximum atomic E-state index is 12.8. The van der Waals surface area contributed by atoms with Crippen LogP contribution in [0.4, 0.5) is 22.0 Å². The second kappa shape index (κ2) is 4.08. The van der Waals surface area contributed by atoms with E-state index in [-0.39, 0.29) is 0 Å². The summed E-state index contributed by atoms with van der Waals surface area (Å²) < 4.78 is 61.7. The Labute approximate surface area is 104 Å². The van der Waals surface area contributed by atoms with Gasteiger partial charge in [0.25, 0.3) is 0 Å². The van der Waals surface area contributed by atoms with Crippen molar-refractivity contribution in [2.75, 3.05) is 0 Å². The molecule has 2 atom stereocenters. The van der Waals surface area contributed by atoms with Gasteiger partial charge in [-0.3, -0.25) is 4.79 Å². The Morgan fingerprint density at radius 1 is 1.28 bits per heavy atom. The fourth-order valence-corrected chi connectivity index (χ4v) is 2.10. The lowest BCUT2D eigenvalue weighted by Crippen LogP contribution is -2.36. The van der Waals surface area contributed by atoms with E-state index in [0.29, 0.717) is 6.08 Å². The average molecular weight is 293 g/mol. The van der Waals surface area contributed by atoms with Crippen molar-refractivity contribution in [1.82, 2.24) is 0 Å². The summed E-state index contributed by atoms with van der Waals surface area (Å²) in [5.74, 6) is -8.34. The fourth-order valence-electron chi connectivity index (χ4n) is 1.86. The monoisotopic (exact) mass is 292 g/mol. The molecule has 1 fully saturated rings. The first-order valence-electron chi connectivity index (χ1n) is 4.88. The van der Waals surface area contributed by atoms with Crippen molar-refractivity contribution in [2.24, 2.45) is 17.3 Å². The molecule has 0 amide bonds. The van der Waals surface area contributed by atoms with E-state index >= 15 is 0 Å². The van der Waals surface area contributed by atoms with Crippen LogP contribution in [-0.4, -0.2) is 23.2 Å². The maximum Gasteiger partial charge on any atom is 0.459 e. The van der Waals surface area contributed by atoms with E-state index in [9.17, 15) is 26.7 Å². The first-order chi connectivity index (χ1) is 7.83. The first kappa shape index (κ1) is 15.2. The van der Waals surface area contributed by atoms with E-state index in [1.54, 1.807) is 0 Å². The van der Waals surface area contributed by atoms with Crippen LogP contribution >= 0.6 is 11.6 Å². The number of rotatable bonds is 3. The van der Waals surface area contributed by atoms with E-state index in [2.05, 4.69) is 0 Å². The zero-order valence-corrected chi connectivity index (χ0v) is 10.1. The summed E-state index contributed by atoms with van der Waals surface area (Å²) in [7, 11) is 0. The third kappa shape index (κ3) is 2.32. The second-order valence-electron chi connectivity index (χ2n) is 4.75. The van der Waals surface area contributed by atoms with Gasteiger partial charge >= 0.3 is 18.1 Å². The van der Waals surface area contributed by atoms with Crippen molar-refractivity contribution in [3.63, 3.8) is 0 Å². The summed E-state index contributed by atoms with van der Waals surface area (Å²) in [5.41, 5.74) is -0.881. The van der Waals surface area contributed by atoms with Crippen molar-refractivity contribution in [1.29, 1.82) is 0 Å². The van der Waals surface area contributed by atoms with Gasteiger partial charge in [0.15, 0.2) is 0 Å². The van der Waals surface area contributed by atoms with Gasteiger partial charge in [0.05, 0.1) is 11.0 Å². The number of halogens is 6. The second-order valence-corrected chi connectivity index (χ2v) is 5.16. The molecule has 104 valence electrons. The third-order valence-electron chi connectivity index (χ3n) is 3.16. The van der Waals surface area contributed by atoms with Crippen LogP contribution in [0.2, 0.25) is 0 Å². The number of carboxylic acids is 1. The normalized spacial score (nSPS) is 28.1. The number of alkyl halides is 5. The van der Waals surface area contributed by atoms with E-state index in [1.165, 1.54) is 13.8 Å². The summed E-state index contributed by atoms with van der Waals surface area (Å²) in [4.78, 5) is 10.7. The average Bonchev–Trinajstić information content (AvgIpc) is 2.65. The maximum absolute atomic E-state index is 12.8. The zero-order chi connectivity index (χ0) is 14.5. The van der Waals surface area contributed by atoms with Crippen molar-refractivity contribution < 1.29 is 31.9 Å². The predicted molar refractivity (Wildman–Crippen MR) is 53.3 cm³/mol. The van der Waals surface area contributed by atoms with Crippen LogP contribution in [0.1, 0.15) is 13.8 Å². The quantitative estimate of drug-likeness (QED) is 0.806. The van der Waals surface area contributed by atoms with E-state index in [0.717, 1.165) is 0 Å². The molecule has 0 heterocycles. The molecule has 0 saturated heterocycles. The summed E-state index contributed by atoms with van der Waals surface area (Å²) >= 11 is 4.99. The van der Waals surface area contributed by atoms with E-state index in [4.69, 9.17) is 16.7 Å². The van der Waals surface area contributed by atoms with E-state index in [1.807, 2.05) is 0 Å². The highest BCUT2D eigenvalue weighted by Crippen LogP contribution is 2.60. The number of carbonyl (C=O) groups is 1. The zero-order valence-electron chi connectivity index (χ0n) is 9.36. The molecule has 0 aromatic carbocycles. The molecule has 0 unspecified atom stereocenters. The fraction of sp³-hybridized carbons (Fsp3) is 0.700. The summed E-state index contributed by atoms with van der Waals surface area (Å²) in [6, 6.07) is 0. The molecular formula is C10H10ClF5O2. The first-order valence-corrected chi connectivity index (χ1v) is 5.26. The molecule has 0 bridgehead atoms. The highest BCUT2D eigenvalue weighted by atomic mass is 35.5. The van der Waals surface area contributed by atoms with Crippen LogP contribution in [0.25, 0.3) is 0 Å². The SMILES string of the molecule is CC1(C)[C@@H](/C=C(\Cl)C(F)(F)C(F)(F)F)[C@@H]1C(=O)O. The number of allylic oxidation sites excluding steroid dienone is 2. The Kier molecular flexibility index (Phi) is 3.45. The number of carboxylic acid groups (broad SMARTS) is 1. The number of hydrogen-bond acceptors (Lipinski definition) is 1. The van der Waals surface area contributed by atoms with Crippen LogP contribution in [0, 0.1) is 17.3 Å². The van der Waals surface area contributed by atoms with Gasteiger partial charge in [-0.25, -0.2) is 0 Å². The van der Waals surface area contributed by atoms with Gasteiger partial charge in [0.2, 0.25) is 0 Å². The number of aliphatic carboxylic acids is 1. The minimum Gasteiger partial charge on any atom is -0.481 e. The highest BCUT2D eigenvalue weighted by Gasteiger charge is 2.64. The minimum atomic E-state index is -5.79. The molecule has 18 heavy (non-hydrogen) atoms. The van der Waals surface area contributed by atoms with E-state index < -0.39 is 40.4 Å². The lowest BCUT2D eigenvalue weighted by molar-refractivity contribution is -0.261. The third-order valence-corrected chi connectivity index (χ3v) is 3.52. The van der Waals surface area contributed by atoms with Gasteiger partial charge in [-0.2, -0.15) is 22.0 Å². The van der Waals surface area contributed by atoms with Crippen molar-refractivity contribution >= 4 is 17.6 Å². The van der Waals surface area contributed by atoms with Crippen LogP contribution in [0.3, 0.4) is 0 Å². The standard InChI is InChI=1S/C10H10ClF5O2/c1-8(2)4(6(8)7(17)18)3-5(11)9(12,13)10(14,15)16/h3-4,6H,1-2H3,(H,17,18)/b5-3-/t4-,6+/m0/s1.